The Bertz CT molecular complexity index is 942. The number of nitrogens with one attached hydrogen (secondary N) is 1. The standard InChI is InChI=1S/C21H20ClN3O/c1-15(19-5-3-4-6-20(19)22)13-21(26)24-18-9-7-17(8-10-18)14-25-12-11-23-16(25)2/h3-13H,14H2,1-2H3,(H,24,26)/b15-13-. The van der Waals surface area contributed by atoms with Crippen LogP contribution in [0.2, 0.25) is 5.02 Å². The SMILES string of the molecule is C/C(=C/C(=O)Nc1ccc(Cn2ccnc2C)cc1)c1ccccc1Cl. The van der Waals surface area contributed by atoms with Crippen LogP contribution in [0.1, 0.15) is 23.9 Å². The van der Waals surface area contributed by atoms with E-state index in [1.807, 2.05) is 68.6 Å². The van der Waals surface area contributed by atoms with E-state index >= 15 is 0 Å². The summed E-state index contributed by atoms with van der Waals surface area (Å²) in [6.45, 7) is 4.60. The maximum Gasteiger partial charge on any atom is 0.248 e. The molecule has 0 aliphatic carbocycles. The Morgan fingerprint density at radius 2 is 1.92 bits per heavy atom. The van der Waals surface area contributed by atoms with Crippen molar-refractivity contribution in [2.24, 2.45) is 0 Å². The van der Waals surface area contributed by atoms with Crippen LogP contribution in [0.15, 0.2) is 67.0 Å². The molecule has 26 heavy (non-hydrogen) atoms. The molecule has 4 nitrogen and oxygen atoms in total. The molecular formula is C21H20ClN3O. The first-order valence-electron chi connectivity index (χ1n) is 8.34. The van der Waals surface area contributed by atoms with Crippen LogP contribution >= 0.6 is 11.6 Å². The van der Waals surface area contributed by atoms with Crippen molar-refractivity contribution >= 4 is 28.8 Å². The molecule has 0 saturated carbocycles. The Morgan fingerprint density at radius 3 is 2.58 bits per heavy atom. The zero-order valence-electron chi connectivity index (χ0n) is 14.7. The van der Waals surface area contributed by atoms with Gasteiger partial charge in [0, 0.05) is 35.7 Å². The molecule has 3 aromatic rings. The summed E-state index contributed by atoms with van der Waals surface area (Å²) in [6.07, 6.45) is 5.30. The summed E-state index contributed by atoms with van der Waals surface area (Å²) < 4.78 is 2.07. The average molecular weight is 366 g/mol. The monoisotopic (exact) mass is 365 g/mol. The molecule has 1 aromatic heterocycles. The second-order valence-electron chi connectivity index (χ2n) is 6.10. The van der Waals surface area contributed by atoms with Crippen LogP contribution in [0.5, 0.6) is 0 Å². The van der Waals surface area contributed by atoms with E-state index in [2.05, 4.69) is 14.9 Å². The zero-order chi connectivity index (χ0) is 18.5. The Morgan fingerprint density at radius 1 is 1.19 bits per heavy atom. The van der Waals surface area contributed by atoms with Crippen LogP contribution in [-0.2, 0) is 11.3 Å². The van der Waals surface area contributed by atoms with Gasteiger partial charge in [0.05, 0.1) is 0 Å². The molecule has 0 aliphatic rings. The number of hydrogen-bond donors (Lipinski definition) is 1. The van der Waals surface area contributed by atoms with Gasteiger partial charge in [-0.05, 0) is 48.7 Å². The third-order valence-electron chi connectivity index (χ3n) is 4.14. The molecule has 0 radical (unpaired) electrons. The molecule has 0 spiro atoms. The molecule has 0 saturated heterocycles. The van der Waals surface area contributed by atoms with Crippen LogP contribution < -0.4 is 5.32 Å². The molecule has 0 unspecified atom stereocenters. The number of aromatic nitrogens is 2. The highest BCUT2D eigenvalue weighted by Gasteiger charge is 2.05. The van der Waals surface area contributed by atoms with E-state index < -0.39 is 0 Å². The summed E-state index contributed by atoms with van der Waals surface area (Å²) in [5.74, 6) is 0.795. The van der Waals surface area contributed by atoms with Gasteiger partial charge in [0.15, 0.2) is 0 Å². The summed E-state index contributed by atoms with van der Waals surface area (Å²) >= 11 is 6.17. The van der Waals surface area contributed by atoms with Crippen LogP contribution in [-0.4, -0.2) is 15.5 Å². The van der Waals surface area contributed by atoms with Gasteiger partial charge >= 0.3 is 0 Å². The van der Waals surface area contributed by atoms with E-state index in [-0.39, 0.29) is 5.91 Å². The lowest BCUT2D eigenvalue weighted by Gasteiger charge is -2.08. The van der Waals surface area contributed by atoms with E-state index in [4.69, 9.17) is 11.6 Å². The summed E-state index contributed by atoms with van der Waals surface area (Å²) in [4.78, 5) is 16.5. The minimum Gasteiger partial charge on any atom is -0.331 e. The second kappa shape index (κ2) is 8.02. The number of hydrogen-bond acceptors (Lipinski definition) is 2. The fourth-order valence-corrected chi connectivity index (χ4v) is 2.98. The molecule has 0 fully saturated rings. The number of nitrogens with zero attached hydrogens (tertiary/aromatic N) is 2. The smallest absolute Gasteiger partial charge is 0.248 e. The number of halogens is 1. The molecule has 1 heterocycles. The first-order chi connectivity index (χ1) is 12.5. The molecule has 0 atom stereocenters. The van der Waals surface area contributed by atoms with Crippen molar-refractivity contribution in [2.45, 2.75) is 20.4 Å². The maximum atomic E-state index is 12.3. The summed E-state index contributed by atoms with van der Waals surface area (Å²) in [6, 6.07) is 15.3. The van der Waals surface area contributed by atoms with Gasteiger partial charge in [-0.2, -0.15) is 0 Å². The van der Waals surface area contributed by atoms with E-state index in [0.717, 1.165) is 34.8 Å². The highest BCUT2D eigenvalue weighted by molar-refractivity contribution is 6.32. The molecule has 1 amide bonds. The number of anilines is 1. The highest BCUT2D eigenvalue weighted by Crippen LogP contribution is 2.23. The van der Waals surface area contributed by atoms with Gasteiger partial charge in [0.1, 0.15) is 5.82 Å². The largest absolute Gasteiger partial charge is 0.331 e. The van der Waals surface area contributed by atoms with Gasteiger partial charge in [-0.25, -0.2) is 4.98 Å². The molecule has 2 aromatic carbocycles. The number of amides is 1. The third kappa shape index (κ3) is 4.41. The van der Waals surface area contributed by atoms with Gasteiger partial charge < -0.3 is 9.88 Å². The van der Waals surface area contributed by atoms with Gasteiger partial charge in [-0.1, -0.05) is 41.9 Å². The van der Waals surface area contributed by atoms with Crippen molar-refractivity contribution in [1.29, 1.82) is 0 Å². The number of rotatable bonds is 5. The Balaban J connectivity index is 1.65. The fourth-order valence-electron chi connectivity index (χ4n) is 2.69. The van der Waals surface area contributed by atoms with Crippen LogP contribution in [0.25, 0.3) is 5.57 Å². The van der Waals surface area contributed by atoms with E-state index in [1.54, 1.807) is 12.3 Å². The Hall–Kier alpha value is -2.85. The van der Waals surface area contributed by atoms with E-state index in [0.29, 0.717) is 5.02 Å². The molecule has 1 N–H and O–H groups in total. The molecule has 132 valence electrons. The predicted octanol–water partition coefficient (Wildman–Crippen LogP) is 4.94. The number of carbonyl (C=O) groups excluding carboxylic acids is 1. The number of carbonyl (C=O) groups is 1. The molecule has 0 aliphatic heterocycles. The van der Waals surface area contributed by atoms with Gasteiger partial charge in [-0.3, -0.25) is 4.79 Å². The van der Waals surface area contributed by atoms with Gasteiger partial charge in [0.2, 0.25) is 5.91 Å². The van der Waals surface area contributed by atoms with Gasteiger partial charge in [0.25, 0.3) is 0 Å². The minimum absolute atomic E-state index is 0.180. The van der Waals surface area contributed by atoms with Crippen molar-refractivity contribution in [3.63, 3.8) is 0 Å². The lowest BCUT2D eigenvalue weighted by atomic mass is 10.1. The summed E-state index contributed by atoms with van der Waals surface area (Å²) in [7, 11) is 0. The number of benzene rings is 2. The molecule has 5 heteroatoms. The predicted molar refractivity (Wildman–Crippen MR) is 106 cm³/mol. The Labute approximate surface area is 158 Å². The van der Waals surface area contributed by atoms with E-state index in [9.17, 15) is 4.79 Å². The van der Waals surface area contributed by atoms with Crippen molar-refractivity contribution in [2.75, 3.05) is 5.32 Å². The zero-order valence-corrected chi connectivity index (χ0v) is 15.5. The normalized spacial score (nSPS) is 11.4. The molecule has 3 rings (SSSR count). The van der Waals surface area contributed by atoms with Crippen LogP contribution in [0, 0.1) is 6.92 Å². The lowest BCUT2D eigenvalue weighted by Crippen LogP contribution is -2.09. The van der Waals surface area contributed by atoms with Crippen molar-refractivity contribution < 1.29 is 4.79 Å². The van der Waals surface area contributed by atoms with Crippen molar-refractivity contribution in [3.8, 4) is 0 Å². The fraction of sp³-hybridized carbons (Fsp3) is 0.143. The molecule has 0 bridgehead atoms. The van der Waals surface area contributed by atoms with Crippen LogP contribution in [0.3, 0.4) is 0 Å². The number of imidazole rings is 1. The average Bonchev–Trinajstić information content (AvgIpc) is 3.01. The number of aryl methyl sites for hydroxylation is 1. The third-order valence-corrected chi connectivity index (χ3v) is 4.47. The quantitative estimate of drug-likeness (QED) is 0.651. The highest BCUT2D eigenvalue weighted by atomic mass is 35.5. The summed E-state index contributed by atoms with van der Waals surface area (Å²) in [5.41, 5.74) is 3.58. The first-order valence-corrected chi connectivity index (χ1v) is 8.71. The molecular weight excluding hydrogens is 346 g/mol. The summed E-state index contributed by atoms with van der Waals surface area (Å²) in [5, 5.41) is 3.51. The van der Waals surface area contributed by atoms with E-state index in [1.165, 1.54) is 0 Å². The Kier molecular flexibility index (Phi) is 5.54. The second-order valence-corrected chi connectivity index (χ2v) is 6.50. The lowest BCUT2D eigenvalue weighted by molar-refractivity contribution is -0.111. The van der Waals surface area contributed by atoms with Crippen molar-refractivity contribution in [3.05, 3.63) is 89.0 Å². The van der Waals surface area contributed by atoms with Crippen molar-refractivity contribution in [1.82, 2.24) is 9.55 Å². The maximum absolute atomic E-state index is 12.3. The first kappa shape index (κ1) is 18.0. The minimum atomic E-state index is -0.180. The van der Waals surface area contributed by atoms with Crippen LogP contribution in [0.4, 0.5) is 5.69 Å². The number of allylic oxidation sites excluding steroid dienone is 1. The topological polar surface area (TPSA) is 46.9 Å². The van der Waals surface area contributed by atoms with Gasteiger partial charge in [-0.15, -0.1) is 0 Å².